The van der Waals surface area contributed by atoms with Crippen molar-refractivity contribution in [1.29, 1.82) is 0 Å². The zero-order chi connectivity index (χ0) is 29.9. The Kier molecular flexibility index (Phi) is 7.22. The Labute approximate surface area is 257 Å². The highest BCUT2D eigenvalue weighted by Gasteiger charge is 2.44. The van der Waals surface area contributed by atoms with Gasteiger partial charge in [-0.1, -0.05) is 17.7 Å². The van der Waals surface area contributed by atoms with Crippen molar-refractivity contribution in [3.05, 3.63) is 70.3 Å². The Morgan fingerprint density at radius 2 is 2.02 bits per heavy atom. The van der Waals surface area contributed by atoms with Crippen LogP contribution < -0.4 is 14.4 Å². The second-order valence-electron chi connectivity index (χ2n) is 12.6. The van der Waals surface area contributed by atoms with E-state index < -0.39 is 21.8 Å². The van der Waals surface area contributed by atoms with Gasteiger partial charge < -0.3 is 18.9 Å². The van der Waals surface area contributed by atoms with Crippen LogP contribution in [-0.4, -0.2) is 56.3 Å². The van der Waals surface area contributed by atoms with Gasteiger partial charge in [0.25, 0.3) is 10.0 Å². The topological polar surface area (TPSA) is 103 Å². The van der Waals surface area contributed by atoms with Crippen LogP contribution in [0.4, 0.5) is 5.69 Å². The number of hydrogen-bond acceptors (Lipinski definition) is 7. The average Bonchev–Trinajstić information content (AvgIpc) is 3.26. The van der Waals surface area contributed by atoms with Crippen molar-refractivity contribution in [2.75, 3.05) is 31.2 Å². The van der Waals surface area contributed by atoms with Gasteiger partial charge in [0.15, 0.2) is 0 Å². The Balaban J connectivity index is 1.29. The van der Waals surface area contributed by atoms with E-state index >= 15 is 0 Å². The Morgan fingerprint density at radius 1 is 1.16 bits per heavy atom. The van der Waals surface area contributed by atoms with E-state index in [9.17, 15) is 13.2 Å². The van der Waals surface area contributed by atoms with E-state index in [4.69, 9.17) is 21.1 Å². The quantitative estimate of drug-likeness (QED) is 0.386. The molecule has 11 heteroatoms. The Morgan fingerprint density at radius 3 is 2.84 bits per heavy atom. The highest BCUT2D eigenvalue weighted by atomic mass is 35.5. The zero-order valence-electron chi connectivity index (χ0n) is 24.5. The van der Waals surface area contributed by atoms with Gasteiger partial charge in [-0.15, -0.1) is 0 Å². The van der Waals surface area contributed by atoms with Gasteiger partial charge in [-0.05, 0) is 87.4 Å². The van der Waals surface area contributed by atoms with Gasteiger partial charge in [0, 0.05) is 42.2 Å². The van der Waals surface area contributed by atoms with Crippen LogP contribution in [0.3, 0.4) is 0 Å². The van der Waals surface area contributed by atoms with Crippen molar-refractivity contribution in [3.63, 3.8) is 0 Å². The predicted molar refractivity (Wildman–Crippen MR) is 163 cm³/mol. The maximum Gasteiger partial charge on any atom is 0.264 e. The lowest BCUT2D eigenvalue weighted by molar-refractivity contribution is -0.120. The number of carbonyl (C=O) groups excluding carboxylic acids is 1. The summed E-state index contributed by atoms with van der Waals surface area (Å²) in [6, 6.07) is 11.1. The number of hydrogen-bond donors (Lipinski definition) is 1. The number of aromatic nitrogens is 2. The van der Waals surface area contributed by atoms with E-state index in [-0.39, 0.29) is 16.4 Å². The molecule has 2 aliphatic heterocycles. The minimum absolute atomic E-state index is 0.0274. The minimum Gasteiger partial charge on any atom is -0.490 e. The molecule has 3 heterocycles. The number of halogens is 1. The summed E-state index contributed by atoms with van der Waals surface area (Å²) in [6.45, 7) is 6.58. The molecule has 1 N–H and O–H groups in total. The smallest absolute Gasteiger partial charge is 0.264 e. The lowest BCUT2D eigenvalue weighted by Crippen LogP contribution is -2.49. The first-order valence-electron chi connectivity index (χ1n) is 15.1. The Hall–Kier alpha value is -3.08. The van der Waals surface area contributed by atoms with Crippen LogP contribution >= 0.6 is 11.6 Å². The van der Waals surface area contributed by atoms with Gasteiger partial charge in [-0.3, -0.25) is 4.79 Å². The second-order valence-corrected chi connectivity index (χ2v) is 14.7. The summed E-state index contributed by atoms with van der Waals surface area (Å²) in [6.07, 6.45) is 6.92. The maximum atomic E-state index is 13.6. The van der Waals surface area contributed by atoms with Crippen molar-refractivity contribution < 1.29 is 22.7 Å². The van der Waals surface area contributed by atoms with Crippen molar-refractivity contribution in [2.24, 2.45) is 5.92 Å². The molecule has 2 aliphatic carbocycles. The molecule has 1 aromatic heterocycles. The first-order chi connectivity index (χ1) is 20.6. The van der Waals surface area contributed by atoms with Crippen molar-refractivity contribution >= 4 is 33.2 Å². The molecule has 1 unspecified atom stereocenters. The molecule has 0 radical (unpaired) electrons. The number of sulfonamides is 1. The van der Waals surface area contributed by atoms with Gasteiger partial charge in [-0.2, -0.15) is 0 Å². The second kappa shape index (κ2) is 10.8. The number of nitrogens with zero attached hydrogens (tertiary/aromatic N) is 3. The van der Waals surface area contributed by atoms with Crippen LogP contribution in [0.5, 0.6) is 5.75 Å². The Bertz CT molecular complexity index is 1690. The summed E-state index contributed by atoms with van der Waals surface area (Å²) in [5.41, 5.74) is 3.49. The maximum absolute atomic E-state index is 13.6. The predicted octanol–water partition coefficient (Wildman–Crippen LogP) is 4.74. The van der Waals surface area contributed by atoms with E-state index in [1.54, 1.807) is 19.1 Å². The molecule has 0 saturated heterocycles. The fourth-order valence-corrected chi connectivity index (χ4v) is 8.46. The summed E-state index contributed by atoms with van der Waals surface area (Å²) in [5.74, 6) is 0.333. The molecule has 1 amide bonds. The first kappa shape index (κ1) is 28.7. The minimum atomic E-state index is -4.15. The normalized spacial score (nSPS) is 28.4. The molecule has 2 aromatic carbocycles. The van der Waals surface area contributed by atoms with Crippen molar-refractivity contribution in [1.82, 2.24) is 14.3 Å². The van der Waals surface area contributed by atoms with E-state index in [2.05, 4.69) is 26.7 Å². The van der Waals surface area contributed by atoms with Crippen molar-refractivity contribution in [3.8, 4) is 5.75 Å². The van der Waals surface area contributed by atoms with Crippen LogP contribution in [0.2, 0.25) is 5.02 Å². The molecule has 4 bridgehead atoms. The van der Waals surface area contributed by atoms with Crippen molar-refractivity contribution in [2.45, 2.75) is 74.8 Å². The van der Waals surface area contributed by atoms with Gasteiger partial charge in [0.2, 0.25) is 5.91 Å². The fraction of sp³-hybridized carbons (Fsp3) is 0.500. The average molecular weight is 625 g/mol. The number of amides is 1. The summed E-state index contributed by atoms with van der Waals surface area (Å²) >= 11 is 6.39. The summed E-state index contributed by atoms with van der Waals surface area (Å²) in [4.78, 5) is 20.0. The van der Waals surface area contributed by atoms with Gasteiger partial charge in [0.05, 0.1) is 41.5 Å². The zero-order valence-corrected chi connectivity index (χ0v) is 26.1. The monoisotopic (exact) mass is 624 g/mol. The molecular weight excluding hydrogens is 588 g/mol. The molecule has 1 spiro atoms. The molecule has 4 aliphatic rings. The summed E-state index contributed by atoms with van der Waals surface area (Å²) in [5, 5.41) is 0.733. The third-order valence-corrected chi connectivity index (χ3v) is 11.4. The largest absolute Gasteiger partial charge is 0.490 e. The van der Waals surface area contributed by atoms with Gasteiger partial charge in [-0.25, -0.2) is 18.1 Å². The van der Waals surface area contributed by atoms with Crippen LogP contribution in [0.1, 0.15) is 61.2 Å². The third-order valence-electron chi connectivity index (χ3n) is 9.85. The number of nitrogens with one attached hydrogen (secondary N) is 1. The lowest BCUT2D eigenvalue weighted by atomic mass is 9.70. The first-order valence-corrected chi connectivity index (χ1v) is 17.0. The lowest BCUT2D eigenvalue weighted by Gasteiger charge is -2.44. The van der Waals surface area contributed by atoms with E-state index in [1.165, 1.54) is 17.2 Å². The molecule has 43 heavy (non-hydrogen) atoms. The molecule has 9 nitrogen and oxygen atoms in total. The number of rotatable bonds is 0. The van der Waals surface area contributed by atoms with Crippen LogP contribution in [0, 0.1) is 12.8 Å². The molecule has 228 valence electrons. The molecule has 3 aromatic rings. The molecule has 7 rings (SSSR count). The number of carbonyl (C=O) groups is 1. The van der Waals surface area contributed by atoms with Crippen LogP contribution in [-0.2, 0) is 37.9 Å². The summed E-state index contributed by atoms with van der Waals surface area (Å²) in [7, 11) is -4.15. The SMILES string of the molecule is Cc1nc2cn1CCO[C@@H]1CC[C@H]1CN1C[C@@]3(CCCc4cc(Cl)ccc43)COc3ccc(cc31)S(=O)(=O)NC(=O)C2C. The van der Waals surface area contributed by atoms with E-state index in [0.29, 0.717) is 50.2 Å². The number of ether oxygens (including phenoxy) is 2. The number of fused-ring (bicyclic) bond motifs is 6. The molecule has 1 saturated carbocycles. The molecule has 1 fully saturated rings. The fourth-order valence-electron chi connectivity index (χ4n) is 7.20. The summed E-state index contributed by atoms with van der Waals surface area (Å²) < 4.78 is 44.4. The standard InChI is InChI=1S/C32H37ClN4O5S/c1-20-27-17-36(21(2)34-27)12-13-41-29-9-5-23(29)16-37-18-32(11-3-4-22-14-24(33)6-8-26(22)32)19-42-30-10-7-25(15-28(30)37)43(39,40)35-31(20)38/h6-8,10,14-15,17,20,23,29H,3-5,9,11-13,16,18-19H2,1-2H3,(H,35,38)/t20?,23-,29+,32-/m0/s1. The number of anilines is 1. The van der Waals surface area contributed by atoms with Crippen LogP contribution in [0.15, 0.2) is 47.5 Å². The van der Waals surface area contributed by atoms with Gasteiger partial charge in [0.1, 0.15) is 11.6 Å². The number of benzene rings is 2. The van der Waals surface area contributed by atoms with Crippen LogP contribution in [0.25, 0.3) is 0 Å². The highest BCUT2D eigenvalue weighted by molar-refractivity contribution is 7.90. The van der Waals surface area contributed by atoms with E-state index in [0.717, 1.165) is 48.6 Å². The molecular formula is C32H37ClN4O5S. The van der Waals surface area contributed by atoms with E-state index in [1.807, 2.05) is 23.8 Å². The number of imidazole rings is 1. The van der Waals surface area contributed by atoms with Gasteiger partial charge >= 0.3 is 0 Å². The molecule has 4 atom stereocenters. The number of aryl methyl sites for hydroxylation is 2. The highest BCUT2D eigenvalue weighted by Crippen LogP contribution is 2.46. The third kappa shape index (κ3) is 5.21.